The first-order valence-electron chi connectivity index (χ1n) is 8.65. The second kappa shape index (κ2) is 8.78. The zero-order valence-corrected chi connectivity index (χ0v) is 15.9. The summed E-state index contributed by atoms with van der Waals surface area (Å²) in [5.41, 5.74) is 2.36. The summed E-state index contributed by atoms with van der Waals surface area (Å²) < 4.78 is 12.8. The van der Waals surface area contributed by atoms with E-state index in [1.165, 1.54) is 5.56 Å². The van der Waals surface area contributed by atoms with Gasteiger partial charge in [0.15, 0.2) is 0 Å². The van der Waals surface area contributed by atoms with E-state index in [2.05, 4.69) is 34.3 Å². The van der Waals surface area contributed by atoms with E-state index in [0.717, 1.165) is 17.9 Å². The first kappa shape index (κ1) is 18.4. The van der Waals surface area contributed by atoms with Crippen molar-refractivity contribution in [3.8, 4) is 5.75 Å². The van der Waals surface area contributed by atoms with Crippen molar-refractivity contribution < 1.29 is 9.15 Å². The van der Waals surface area contributed by atoms with Gasteiger partial charge in [-0.1, -0.05) is 42.5 Å². The van der Waals surface area contributed by atoms with Crippen LogP contribution in [0.15, 0.2) is 59.0 Å². The maximum absolute atomic E-state index is 5.64. The van der Waals surface area contributed by atoms with E-state index in [1.807, 2.05) is 44.3 Å². The van der Waals surface area contributed by atoms with E-state index < -0.39 is 0 Å². The van der Waals surface area contributed by atoms with Crippen LogP contribution in [-0.2, 0) is 19.6 Å². The third-order valence-corrected chi connectivity index (χ3v) is 4.20. The molecule has 0 radical (unpaired) electrons. The van der Waals surface area contributed by atoms with Gasteiger partial charge in [-0.3, -0.25) is 4.90 Å². The maximum atomic E-state index is 5.64. The van der Waals surface area contributed by atoms with Gasteiger partial charge in [0.05, 0.1) is 19.7 Å². The van der Waals surface area contributed by atoms with E-state index in [1.54, 1.807) is 4.68 Å². The standard InChI is InChI=1S/C20H23N3O2S/c1-3-24-18-11-9-17(10-12-18)14-22(2)15-23-20(26)25-19(21-23)13-16-7-5-4-6-8-16/h4-12H,3,13-15H2,1-2H3. The topological polar surface area (TPSA) is 43.4 Å². The number of hydrogen-bond donors (Lipinski definition) is 0. The summed E-state index contributed by atoms with van der Waals surface area (Å²) in [6.07, 6.45) is 0.639. The molecule has 3 aromatic rings. The minimum Gasteiger partial charge on any atom is -0.494 e. The number of ether oxygens (including phenoxy) is 1. The Kier molecular flexibility index (Phi) is 6.20. The van der Waals surface area contributed by atoms with E-state index in [9.17, 15) is 0 Å². The molecule has 0 aliphatic heterocycles. The molecular weight excluding hydrogens is 346 g/mol. The molecule has 1 heterocycles. The Morgan fingerprint density at radius 1 is 1.08 bits per heavy atom. The number of nitrogens with zero attached hydrogens (tertiary/aromatic N) is 3. The highest BCUT2D eigenvalue weighted by molar-refractivity contribution is 7.71. The molecule has 5 nitrogen and oxygen atoms in total. The van der Waals surface area contributed by atoms with Crippen LogP contribution in [0.4, 0.5) is 0 Å². The lowest BCUT2D eigenvalue weighted by atomic mass is 10.2. The van der Waals surface area contributed by atoms with E-state index >= 15 is 0 Å². The molecule has 0 atom stereocenters. The predicted octanol–water partition coefficient (Wildman–Crippen LogP) is 4.28. The Morgan fingerprint density at radius 2 is 1.81 bits per heavy atom. The van der Waals surface area contributed by atoms with Crippen LogP contribution in [0.2, 0.25) is 0 Å². The summed E-state index contributed by atoms with van der Waals surface area (Å²) in [5, 5.41) is 4.51. The molecule has 0 fully saturated rings. The van der Waals surface area contributed by atoms with Crippen LogP contribution >= 0.6 is 12.2 Å². The molecule has 0 saturated heterocycles. The van der Waals surface area contributed by atoms with Crippen LogP contribution in [0.5, 0.6) is 5.75 Å². The Bertz CT molecular complexity index is 872. The second-order valence-corrected chi connectivity index (χ2v) is 6.51. The first-order valence-corrected chi connectivity index (χ1v) is 9.06. The summed E-state index contributed by atoms with van der Waals surface area (Å²) in [6.45, 7) is 4.02. The summed E-state index contributed by atoms with van der Waals surface area (Å²) >= 11 is 5.31. The third kappa shape index (κ3) is 5.03. The van der Waals surface area contributed by atoms with Gasteiger partial charge < -0.3 is 9.15 Å². The van der Waals surface area contributed by atoms with Crippen molar-refractivity contribution in [1.29, 1.82) is 0 Å². The number of rotatable bonds is 8. The van der Waals surface area contributed by atoms with Crippen LogP contribution in [0.25, 0.3) is 0 Å². The molecule has 0 spiro atoms. The van der Waals surface area contributed by atoms with Gasteiger partial charge in [-0.15, -0.1) is 5.10 Å². The molecule has 26 heavy (non-hydrogen) atoms. The van der Waals surface area contributed by atoms with Crippen LogP contribution in [-0.4, -0.2) is 28.3 Å². The Balaban J connectivity index is 1.60. The zero-order chi connectivity index (χ0) is 18.4. The van der Waals surface area contributed by atoms with Gasteiger partial charge in [-0.2, -0.15) is 0 Å². The van der Waals surface area contributed by atoms with Crippen LogP contribution < -0.4 is 4.74 Å². The van der Waals surface area contributed by atoms with Crippen molar-refractivity contribution in [2.75, 3.05) is 13.7 Å². The van der Waals surface area contributed by atoms with Gasteiger partial charge in [0.1, 0.15) is 5.75 Å². The normalized spacial score (nSPS) is 11.0. The summed E-state index contributed by atoms with van der Waals surface area (Å²) in [5.74, 6) is 1.53. The van der Waals surface area contributed by atoms with Crippen molar-refractivity contribution in [1.82, 2.24) is 14.7 Å². The monoisotopic (exact) mass is 369 g/mol. The first-order chi connectivity index (χ1) is 12.6. The molecule has 2 aromatic carbocycles. The highest BCUT2D eigenvalue weighted by Gasteiger charge is 2.09. The number of benzene rings is 2. The minimum absolute atomic E-state index is 0.398. The summed E-state index contributed by atoms with van der Waals surface area (Å²) in [6, 6.07) is 18.2. The molecule has 6 heteroatoms. The maximum Gasteiger partial charge on any atom is 0.288 e. The van der Waals surface area contributed by atoms with Crippen molar-refractivity contribution >= 4 is 12.2 Å². The van der Waals surface area contributed by atoms with Crippen LogP contribution in [0.1, 0.15) is 23.9 Å². The smallest absolute Gasteiger partial charge is 0.288 e. The molecular formula is C20H23N3O2S. The van der Waals surface area contributed by atoms with Gasteiger partial charge in [-0.05, 0) is 49.4 Å². The van der Waals surface area contributed by atoms with Crippen molar-refractivity contribution in [2.24, 2.45) is 0 Å². The Labute approximate surface area is 158 Å². The molecule has 0 amide bonds. The number of aromatic nitrogens is 2. The molecule has 0 saturated carbocycles. The second-order valence-electron chi connectivity index (χ2n) is 6.16. The largest absolute Gasteiger partial charge is 0.494 e. The predicted molar refractivity (Wildman–Crippen MR) is 104 cm³/mol. The molecule has 0 bridgehead atoms. The summed E-state index contributed by atoms with van der Waals surface area (Å²) in [7, 11) is 2.03. The lowest BCUT2D eigenvalue weighted by Gasteiger charge is -2.16. The van der Waals surface area contributed by atoms with Gasteiger partial charge in [-0.25, -0.2) is 4.68 Å². The van der Waals surface area contributed by atoms with E-state index in [-0.39, 0.29) is 0 Å². The van der Waals surface area contributed by atoms with E-state index in [0.29, 0.717) is 30.4 Å². The zero-order valence-electron chi connectivity index (χ0n) is 15.1. The highest BCUT2D eigenvalue weighted by Crippen LogP contribution is 2.14. The van der Waals surface area contributed by atoms with E-state index in [4.69, 9.17) is 21.4 Å². The van der Waals surface area contributed by atoms with Crippen LogP contribution in [0.3, 0.4) is 0 Å². The molecule has 0 aliphatic carbocycles. The van der Waals surface area contributed by atoms with Crippen molar-refractivity contribution in [2.45, 2.75) is 26.6 Å². The third-order valence-electron chi connectivity index (χ3n) is 3.91. The Hall–Kier alpha value is -2.44. The van der Waals surface area contributed by atoms with Crippen molar-refractivity contribution in [3.05, 3.63) is 76.5 Å². The summed E-state index contributed by atoms with van der Waals surface area (Å²) in [4.78, 5) is 2.54. The fourth-order valence-corrected chi connectivity index (χ4v) is 2.92. The fourth-order valence-electron chi connectivity index (χ4n) is 2.73. The molecule has 0 aliphatic rings. The lowest BCUT2D eigenvalue weighted by molar-refractivity contribution is 0.240. The average Bonchev–Trinajstić information content (AvgIpc) is 2.96. The van der Waals surface area contributed by atoms with Gasteiger partial charge >= 0.3 is 0 Å². The molecule has 0 unspecified atom stereocenters. The van der Waals surface area contributed by atoms with Crippen LogP contribution in [0, 0.1) is 4.84 Å². The quantitative estimate of drug-likeness (QED) is 0.554. The number of hydrogen-bond acceptors (Lipinski definition) is 5. The lowest BCUT2D eigenvalue weighted by Crippen LogP contribution is -2.22. The van der Waals surface area contributed by atoms with Gasteiger partial charge in [0, 0.05) is 6.54 Å². The van der Waals surface area contributed by atoms with Gasteiger partial charge in [0.2, 0.25) is 5.89 Å². The molecule has 136 valence electrons. The highest BCUT2D eigenvalue weighted by atomic mass is 32.1. The molecule has 0 N–H and O–H groups in total. The minimum atomic E-state index is 0.398. The SMILES string of the molecule is CCOc1ccc(CN(C)Cn2nc(Cc3ccccc3)oc2=S)cc1. The van der Waals surface area contributed by atoms with Gasteiger partial charge in [0.25, 0.3) is 4.84 Å². The fraction of sp³-hybridized carbons (Fsp3) is 0.300. The Morgan fingerprint density at radius 3 is 2.50 bits per heavy atom. The molecule has 3 rings (SSSR count). The van der Waals surface area contributed by atoms with Crippen molar-refractivity contribution in [3.63, 3.8) is 0 Å². The average molecular weight is 369 g/mol. The molecule has 1 aromatic heterocycles.